The average molecular weight is 398 g/mol. The van der Waals surface area contributed by atoms with E-state index in [-0.39, 0.29) is 5.75 Å². The Morgan fingerprint density at radius 1 is 1.35 bits per heavy atom. The molecular weight excluding hydrogens is 384 g/mol. The molecule has 2 aromatic rings. The third-order valence-electron chi connectivity index (χ3n) is 2.86. The van der Waals surface area contributed by atoms with Crippen molar-refractivity contribution < 1.29 is 14.6 Å². The number of carbonyl (C=O) groups excluding carboxylic acids is 1. The minimum atomic E-state index is -0.732. The van der Waals surface area contributed by atoms with Gasteiger partial charge in [-0.2, -0.15) is 5.10 Å². The fourth-order valence-corrected chi connectivity index (χ4v) is 2.16. The normalized spacial score (nSPS) is 12.1. The molecule has 0 aliphatic carbocycles. The van der Waals surface area contributed by atoms with Crippen molar-refractivity contribution in [3.63, 3.8) is 0 Å². The summed E-state index contributed by atoms with van der Waals surface area (Å²) < 4.78 is 6.27. The lowest BCUT2D eigenvalue weighted by molar-refractivity contribution is -0.127. The number of ether oxygens (including phenoxy) is 1. The molecule has 2 aromatic carbocycles. The second-order valence-corrected chi connectivity index (χ2v) is 6.00. The maximum atomic E-state index is 11.9. The van der Waals surface area contributed by atoms with Gasteiger partial charge in [0, 0.05) is 15.1 Å². The van der Waals surface area contributed by atoms with E-state index < -0.39 is 12.0 Å². The van der Waals surface area contributed by atoms with Crippen LogP contribution in [0.1, 0.15) is 12.5 Å². The zero-order valence-electron chi connectivity index (χ0n) is 12.2. The van der Waals surface area contributed by atoms with Crippen LogP contribution in [0.2, 0.25) is 5.02 Å². The molecule has 0 aromatic heterocycles. The summed E-state index contributed by atoms with van der Waals surface area (Å²) in [7, 11) is 0. The summed E-state index contributed by atoms with van der Waals surface area (Å²) in [5.41, 5.74) is 2.84. The highest BCUT2D eigenvalue weighted by atomic mass is 79.9. The Balaban J connectivity index is 1.92. The lowest BCUT2D eigenvalue weighted by Crippen LogP contribution is -2.33. The third kappa shape index (κ3) is 5.26. The van der Waals surface area contributed by atoms with Crippen LogP contribution in [0.25, 0.3) is 0 Å². The van der Waals surface area contributed by atoms with E-state index in [1.165, 1.54) is 12.3 Å². The predicted octanol–water partition coefficient (Wildman–Crippen LogP) is 3.73. The Labute approximate surface area is 147 Å². The number of hydrazone groups is 1. The molecule has 0 spiro atoms. The van der Waals surface area contributed by atoms with Crippen LogP contribution in [0.4, 0.5) is 0 Å². The molecule has 1 atom stereocenters. The lowest BCUT2D eigenvalue weighted by atomic mass is 10.2. The fourth-order valence-electron chi connectivity index (χ4n) is 1.66. The summed E-state index contributed by atoms with van der Waals surface area (Å²) in [5.74, 6) is 0.188. The quantitative estimate of drug-likeness (QED) is 0.596. The maximum absolute atomic E-state index is 11.9. The van der Waals surface area contributed by atoms with Gasteiger partial charge in [0.2, 0.25) is 0 Å². The van der Waals surface area contributed by atoms with E-state index in [1.54, 1.807) is 43.3 Å². The fraction of sp³-hybridized carbons (Fsp3) is 0.125. The molecule has 1 unspecified atom stereocenters. The molecule has 0 saturated heterocycles. The first-order valence-electron chi connectivity index (χ1n) is 6.69. The van der Waals surface area contributed by atoms with Crippen LogP contribution in [-0.4, -0.2) is 23.3 Å². The van der Waals surface area contributed by atoms with Gasteiger partial charge >= 0.3 is 0 Å². The zero-order chi connectivity index (χ0) is 16.8. The first kappa shape index (κ1) is 17.3. The second kappa shape index (κ2) is 7.99. The number of rotatable bonds is 5. The van der Waals surface area contributed by atoms with E-state index in [2.05, 4.69) is 26.5 Å². The van der Waals surface area contributed by atoms with Crippen molar-refractivity contribution in [2.24, 2.45) is 5.10 Å². The standard InChI is InChI=1S/C16H14BrClN2O3/c1-10(23-14-5-3-13(18)4-6-14)16(22)20-19-9-11-8-12(17)2-7-15(11)21/h2-10,21H,1H3,(H,20,22)/b19-9+. The molecule has 5 nitrogen and oxygen atoms in total. The lowest BCUT2D eigenvalue weighted by Gasteiger charge is -2.12. The highest BCUT2D eigenvalue weighted by molar-refractivity contribution is 9.10. The Hall–Kier alpha value is -2.05. The van der Waals surface area contributed by atoms with Crippen molar-refractivity contribution in [3.05, 3.63) is 57.5 Å². The van der Waals surface area contributed by atoms with Gasteiger partial charge in [0.1, 0.15) is 11.5 Å². The van der Waals surface area contributed by atoms with Crippen LogP contribution < -0.4 is 10.2 Å². The molecule has 0 radical (unpaired) electrons. The summed E-state index contributed by atoms with van der Waals surface area (Å²) in [6.45, 7) is 1.61. The van der Waals surface area contributed by atoms with Gasteiger partial charge in [-0.25, -0.2) is 5.43 Å². The maximum Gasteiger partial charge on any atom is 0.280 e. The van der Waals surface area contributed by atoms with Crippen LogP contribution in [0.15, 0.2) is 52.0 Å². The summed E-state index contributed by atoms with van der Waals surface area (Å²) in [4.78, 5) is 11.9. The van der Waals surface area contributed by atoms with E-state index >= 15 is 0 Å². The van der Waals surface area contributed by atoms with E-state index in [0.29, 0.717) is 16.3 Å². The van der Waals surface area contributed by atoms with Gasteiger partial charge in [0.05, 0.1) is 6.21 Å². The molecule has 2 rings (SSSR count). The van der Waals surface area contributed by atoms with Crippen LogP contribution in [0, 0.1) is 0 Å². The molecule has 120 valence electrons. The first-order chi connectivity index (χ1) is 11.0. The number of halogens is 2. The SMILES string of the molecule is CC(Oc1ccc(Cl)cc1)C(=O)N/N=C/c1cc(Br)ccc1O. The van der Waals surface area contributed by atoms with Gasteiger partial charge < -0.3 is 9.84 Å². The Bertz CT molecular complexity index is 720. The van der Waals surface area contributed by atoms with Crippen LogP contribution in [0.3, 0.4) is 0 Å². The highest BCUT2D eigenvalue weighted by Crippen LogP contribution is 2.20. The topological polar surface area (TPSA) is 70.9 Å². The monoisotopic (exact) mass is 396 g/mol. The number of amides is 1. The summed E-state index contributed by atoms with van der Waals surface area (Å²) >= 11 is 9.08. The van der Waals surface area contributed by atoms with E-state index in [0.717, 1.165) is 4.47 Å². The number of hydrogen-bond acceptors (Lipinski definition) is 4. The molecule has 0 bridgehead atoms. The molecule has 1 amide bonds. The van der Waals surface area contributed by atoms with E-state index in [4.69, 9.17) is 16.3 Å². The molecule has 0 saturated carbocycles. The first-order valence-corrected chi connectivity index (χ1v) is 7.86. The minimum Gasteiger partial charge on any atom is -0.507 e. The Morgan fingerprint density at radius 3 is 2.74 bits per heavy atom. The van der Waals surface area contributed by atoms with Gasteiger partial charge in [-0.05, 0) is 49.4 Å². The number of carbonyl (C=O) groups is 1. The smallest absolute Gasteiger partial charge is 0.280 e. The molecule has 2 N–H and O–H groups in total. The average Bonchev–Trinajstić information content (AvgIpc) is 2.52. The van der Waals surface area contributed by atoms with Crippen LogP contribution in [0.5, 0.6) is 11.5 Å². The Morgan fingerprint density at radius 2 is 2.04 bits per heavy atom. The molecule has 23 heavy (non-hydrogen) atoms. The number of nitrogens with one attached hydrogen (secondary N) is 1. The van der Waals surface area contributed by atoms with Gasteiger partial charge in [-0.15, -0.1) is 0 Å². The predicted molar refractivity (Wildman–Crippen MR) is 93.1 cm³/mol. The van der Waals surface area contributed by atoms with Crippen LogP contribution >= 0.6 is 27.5 Å². The van der Waals surface area contributed by atoms with Crippen molar-refractivity contribution in [3.8, 4) is 11.5 Å². The molecule has 7 heteroatoms. The third-order valence-corrected chi connectivity index (χ3v) is 3.61. The van der Waals surface area contributed by atoms with Crippen LogP contribution in [-0.2, 0) is 4.79 Å². The number of hydrogen-bond donors (Lipinski definition) is 2. The van der Waals surface area contributed by atoms with Crippen molar-refractivity contribution in [2.45, 2.75) is 13.0 Å². The second-order valence-electron chi connectivity index (χ2n) is 4.65. The van der Waals surface area contributed by atoms with Crippen molar-refractivity contribution in [1.82, 2.24) is 5.43 Å². The number of benzene rings is 2. The number of phenols is 1. The van der Waals surface area contributed by atoms with E-state index in [9.17, 15) is 9.90 Å². The molecule has 0 aliphatic rings. The van der Waals surface area contributed by atoms with Crippen molar-refractivity contribution in [2.75, 3.05) is 0 Å². The molecule has 0 fully saturated rings. The van der Waals surface area contributed by atoms with Gasteiger partial charge in [0.15, 0.2) is 6.10 Å². The Kier molecular flexibility index (Phi) is 6.01. The molecular formula is C16H14BrClN2O3. The van der Waals surface area contributed by atoms with Gasteiger partial charge in [-0.1, -0.05) is 27.5 Å². The number of phenolic OH excluding ortho intramolecular Hbond substituents is 1. The minimum absolute atomic E-state index is 0.0664. The summed E-state index contributed by atoms with van der Waals surface area (Å²) in [5, 5.41) is 14.1. The van der Waals surface area contributed by atoms with E-state index in [1.807, 2.05) is 0 Å². The summed E-state index contributed by atoms with van der Waals surface area (Å²) in [6.07, 6.45) is 0.622. The molecule has 0 aliphatic heterocycles. The number of aromatic hydroxyl groups is 1. The van der Waals surface area contributed by atoms with Gasteiger partial charge in [-0.3, -0.25) is 4.79 Å². The highest BCUT2D eigenvalue weighted by Gasteiger charge is 2.13. The largest absolute Gasteiger partial charge is 0.507 e. The summed E-state index contributed by atoms with van der Waals surface area (Å²) in [6, 6.07) is 11.6. The van der Waals surface area contributed by atoms with Crippen molar-refractivity contribution >= 4 is 39.7 Å². The molecule has 0 heterocycles. The van der Waals surface area contributed by atoms with Crippen molar-refractivity contribution in [1.29, 1.82) is 0 Å². The number of nitrogens with zero attached hydrogens (tertiary/aromatic N) is 1. The zero-order valence-corrected chi connectivity index (χ0v) is 14.5. The van der Waals surface area contributed by atoms with Gasteiger partial charge in [0.25, 0.3) is 5.91 Å².